The Morgan fingerprint density at radius 3 is 2.56 bits per heavy atom. The normalized spacial score (nSPS) is 13.1. The molecule has 0 bridgehead atoms. The highest BCUT2D eigenvalue weighted by Gasteiger charge is 2.12. The lowest BCUT2D eigenvalue weighted by Crippen LogP contribution is -2.15. The van der Waals surface area contributed by atoms with E-state index in [4.69, 9.17) is 5.73 Å². The standard InChI is InChI=1S/C12H17F2NS/c1-8(2)6-16-7-12(15)10-5-9(13)3-4-11(10)14/h3-5,8,12H,6-7,15H2,1-2H3. The van der Waals surface area contributed by atoms with Crippen molar-refractivity contribution in [2.75, 3.05) is 11.5 Å². The lowest BCUT2D eigenvalue weighted by atomic mass is 10.1. The first-order valence-electron chi connectivity index (χ1n) is 5.29. The number of thioether (sulfide) groups is 1. The van der Waals surface area contributed by atoms with Crippen LogP contribution in [0.1, 0.15) is 25.5 Å². The first-order chi connectivity index (χ1) is 7.50. The molecule has 1 nitrogen and oxygen atoms in total. The van der Waals surface area contributed by atoms with Gasteiger partial charge in [0, 0.05) is 17.4 Å². The summed E-state index contributed by atoms with van der Waals surface area (Å²) >= 11 is 1.66. The van der Waals surface area contributed by atoms with E-state index in [9.17, 15) is 8.78 Å². The number of benzene rings is 1. The molecule has 1 atom stereocenters. The molecule has 0 heterocycles. The summed E-state index contributed by atoms with van der Waals surface area (Å²) < 4.78 is 26.3. The van der Waals surface area contributed by atoms with Gasteiger partial charge in [-0.2, -0.15) is 11.8 Å². The summed E-state index contributed by atoms with van der Waals surface area (Å²) in [5, 5.41) is 0. The molecule has 0 amide bonds. The second-order valence-electron chi connectivity index (χ2n) is 4.20. The van der Waals surface area contributed by atoms with Crippen molar-refractivity contribution in [2.24, 2.45) is 11.7 Å². The lowest BCUT2D eigenvalue weighted by Gasteiger charge is -2.13. The largest absolute Gasteiger partial charge is 0.323 e. The second-order valence-corrected chi connectivity index (χ2v) is 5.28. The van der Waals surface area contributed by atoms with Crippen LogP contribution in [0.25, 0.3) is 0 Å². The summed E-state index contributed by atoms with van der Waals surface area (Å²) in [4.78, 5) is 0. The van der Waals surface area contributed by atoms with Gasteiger partial charge in [-0.15, -0.1) is 0 Å². The first kappa shape index (κ1) is 13.5. The van der Waals surface area contributed by atoms with E-state index in [1.54, 1.807) is 11.8 Å². The molecule has 16 heavy (non-hydrogen) atoms. The SMILES string of the molecule is CC(C)CSCC(N)c1cc(F)ccc1F. The van der Waals surface area contributed by atoms with Crippen LogP contribution in [0, 0.1) is 17.6 Å². The highest BCUT2D eigenvalue weighted by atomic mass is 32.2. The summed E-state index contributed by atoms with van der Waals surface area (Å²) in [5.74, 6) is 1.29. The fourth-order valence-corrected chi connectivity index (χ4v) is 2.36. The monoisotopic (exact) mass is 245 g/mol. The molecule has 4 heteroatoms. The van der Waals surface area contributed by atoms with Crippen molar-refractivity contribution < 1.29 is 8.78 Å². The van der Waals surface area contributed by atoms with Crippen LogP contribution in [0.5, 0.6) is 0 Å². The van der Waals surface area contributed by atoms with E-state index in [0.29, 0.717) is 11.7 Å². The molecule has 0 saturated heterocycles. The van der Waals surface area contributed by atoms with Gasteiger partial charge in [0.25, 0.3) is 0 Å². The number of hydrogen-bond donors (Lipinski definition) is 1. The molecule has 1 unspecified atom stereocenters. The highest BCUT2D eigenvalue weighted by molar-refractivity contribution is 7.99. The molecular formula is C12H17F2NS. The van der Waals surface area contributed by atoms with Crippen molar-refractivity contribution >= 4 is 11.8 Å². The fourth-order valence-electron chi connectivity index (χ4n) is 1.32. The van der Waals surface area contributed by atoms with Gasteiger partial charge in [0.1, 0.15) is 11.6 Å². The van der Waals surface area contributed by atoms with Gasteiger partial charge >= 0.3 is 0 Å². The molecule has 0 aliphatic carbocycles. The smallest absolute Gasteiger partial charge is 0.128 e. The Kier molecular flexibility index (Phi) is 5.22. The molecule has 0 spiro atoms. The third-order valence-electron chi connectivity index (χ3n) is 2.11. The Bertz CT molecular complexity index is 342. The second kappa shape index (κ2) is 6.21. The third kappa shape index (κ3) is 4.10. The Hall–Kier alpha value is -0.610. The highest BCUT2D eigenvalue weighted by Crippen LogP contribution is 2.21. The minimum atomic E-state index is -0.445. The maximum absolute atomic E-state index is 13.3. The maximum atomic E-state index is 13.3. The van der Waals surface area contributed by atoms with Crippen molar-refractivity contribution in [1.29, 1.82) is 0 Å². The van der Waals surface area contributed by atoms with E-state index in [1.807, 2.05) is 0 Å². The van der Waals surface area contributed by atoms with Crippen molar-refractivity contribution in [3.63, 3.8) is 0 Å². The zero-order valence-electron chi connectivity index (χ0n) is 9.54. The predicted molar refractivity (Wildman–Crippen MR) is 65.4 cm³/mol. The number of hydrogen-bond acceptors (Lipinski definition) is 2. The van der Waals surface area contributed by atoms with E-state index >= 15 is 0 Å². The Morgan fingerprint density at radius 2 is 1.94 bits per heavy atom. The first-order valence-corrected chi connectivity index (χ1v) is 6.44. The van der Waals surface area contributed by atoms with Gasteiger partial charge in [-0.3, -0.25) is 0 Å². The van der Waals surface area contributed by atoms with Crippen LogP contribution in [-0.4, -0.2) is 11.5 Å². The van der Waals surface area contributed by atoms with E-state index in [-0.39, 0.29) is 5.56 Å². The molecule has 0 aliphatic rings. The third-order valence-corrected chi connectivity index (χ3v) is 3.60. The zero-order chi connectivity index (χ0) is 12.1. The van der Waals surface area contributed by atoms with Crippen LogP contribution in [-0.2, 0) is 0 Å². The molecule has 0 fully saturated rings. The summed E-state index contributed by atoms with van der Waals surface area (Å²) in [6, 6.07) is 2.96. The molecule has 0 aliphatic heterocycles. The minimum absolute atomic E-state index is 0.260. The van der Waals surface area contributed by atoms with Crippen LogP contribution >= 0.6 is 11.8 Å². The zero-order valence-corrected chi connectivity index (χ0v) is 10.4. The molecule has 1 aromatic rings. The molecule has 90 valence electrons. The Labute approximate surface area is 99.4 Å². The molecule has 0 aromatic heterocycles. The van der Waals surface area contributed by atoms with Gasteiger partial charge < -0.3 is 5.73 Å². The molecule has 2 N–H and O–H groups in total. The van der Waals surface area contributed by atoms with E-state index < -0.39 is 17.7 Å². The van der Waals surface area contributed by atoms with Crippen LogP contribution in [0.4, 0.5) is 8.78 Å². The van der Waals surface area contributed by atoms with Gasteiger partial charge in [0.15, 0.2) is 0 Å². The maximum Gasteiger partial charge on any atom is 0.128 e. The van der Waals surface area contributed by atoms with Crippen molar-refractivity contribution in [2.45, 2.75) is 19.9 Å². The quantitative estimate of drug-likeness (QED) is 0.861. The molecular weight excluding hydrogens is 228 g/mol. The topological polar surface area (TPSA) is 26.0 Å². The summed E-state index contributed by atoms with van der Waals surface area (Å²) in [6.45, 7) is 4.22. The van der Waals surface area contributed by atoms with Crippen molar-refractivity contribution in [1.82, 2.24) is 0 Å². The van der Waals surface area contributed by atoms with Gasteiger partial charge in [-0.05, 0) is 29.9 Å². The lowest BCUT2D eigenvalue weighted by molar-refractivity contribution is 0.573. The summed E-state index contributed by atoms with van der Waals surface area (Å²) in [7, 11) is 0. The number of nitrogens with two attached hydrogens (primary N) is 1. The van der Waals surface area contributed by atoms with Crippen LogP contribution in [0.3, 0.4) is 0 Å². The molecule has 0 saturated carbocycles. The predicted octanol–water partition coefficient (Wildman–Crippen LogP) is 3.35. The van der Waals surface area contributed by atoms with Crippen molar-refractivity contribution in [3.8, 4) is 0 Å². The summed E-state index contributed by atoms with van der Waals surface area (Å²) in [5.41, 5.74) is 6.08. The number of halogens is 2. The van der Waals surface area contributed by atoms with Gasteiger partial charge in [0.2, 0.25) is 0 Å². The van der Waals surface area contributed by atoms with Crippen molar-refractivity contribution in [3.05, 3.63) is 35.4 Å². The fraction of sp³-hybridized carbons (Fsp3) is 0.500. The van der Waals surface area contributed by atoms with Crippen LogP contribution in [0.15, 0.2) is 18.2 Å². The number of rotatable bonds is 5. The molecule has 1 rings (SSSR count). The molecule has 1 aromatic carbocycles. The Morgan fingerprint density at radius 1 is 1.25 bits per heavy atom. The average molecular weight is 245 g/mol. The van der Waals surface area contributed by atoms with Gasteiger partial charge in [-0.1, -0.05) is 13.8 Å². The van der Waals surface area contributed by atoms with Gasteiger partial charge in [0.05, 0.1) is 0 Å². The minimum Gasteiger partial charge on any atom is -0.323 e. The van der Waals surface area contributed by atoms with Gasteiger partial charge in [-0.25, -0.2) is 8.78 Å². The average Bonchev–Trinajstić information content (AvgIpc) is 2.21. The van der Waals surface area contributed by atoms with E-state index in [2.05, 4.69) is 13.8 Å². The van der Waals surface area contributed by atoms with E-state index in [0.717, 1.165) is 17.9 Å². The Balaban J connectivity index is 2.58. The summed E-state index contributed by atoms with van der Waals surface area (Å²) in [6.07, 6.45) is 0. The molecule has 0 radical (unpaired) electrons. The van der Waals surface area contributed by atoms with E-state index in [1.165, 1.54) is 6.07 Å². The van der Waals surface area contributed by atoms with Crippen LogP contribution < -0.4 is 5.73 Å². The van der Waals surface area contributed by atoms with Crippen LogP contribution in [0.2, 0.25) is 0 Å².